The van der Waals surface area contributed by atoms with Crippen LogP contribution in [0, 0.1) is 0 Å². The van der Waals surface area contributed by atoms with Gasteiger partial charge in [-0.15, -0.1) is 0 Å². The second-order valence-corrected chi connectivity index (χ2v) is 6.84. The Kier molecular flexibility index (Phi) is 6.51. The van der Waals surface area contributed by atoms with Gasteiger partial charge < -0.3 is 9.30 Å². The lowest BCUT2D eigenvalue weighted by molar-refractivity contribution is -0.118. The Bertz CT molecular complexity index is 704. The summed E-state index contributed by atoms with van der Waals surface area (Å²) in [5, 5.41) is 0. The van der Waals surface area contributed by atoms with Crippen molar-refractivity contribution in [1.82, 2.24) is 4.57 Å². The van der Waals surface area contributed by atoms with Crippen LogP contribution in [0.1, 0.15) is 26.7 Å². The van der Waals surface area contributed by atoms with Gasteiger partial charge >= 0.3 is 0 Å². The van der Waals surface area contributed by atoms with Crippen molar-refractivity contribution in [2.45, 2.75) is 33.2 Å². The lowest BCUT2D eigenvalue weighted by Gasteiger charge is -2.05. The molecule has 1 aromatic carbocycles. The summed E-state index contributed by atoms with van der Waals surface area (Å²) in [6, 6.07) is 6.06. The van der Waals surface area contributed by atoms with Crippen LogP contribution in [0.25, 0.3) is 10.2 Å². The van der Waals surface area contributed by atoms with E-state index in [1.807, 2.05) is 26.0 Å². The van der Waals surface area contributed by atoms with Crippen molar-refractivity contribution in [2.24, 2.45) is 4.99 Å². The zero-order valence-electron chi connectivity index (χ0n) is 13.3. The van der Waals surface area contributed by atoms with Crippen molar-refractivity contribution in [2.75, 3.05) is 18.6 Å². The van der Waals surface area contributed by atoms with Crippen LogP contribution in [0.4, 0.5) is 0 Å². The van der Waals surface area contributed by atoms with E-state index < -0.39 is 0 Å². The number of ether oxygens (including phenoxy) is 1. The minimum Gasteiger partial charge on any atom is -0.494 e. The van der Waals surface area contributed by atoms with E-state index in [1.165, 1.54) is 0 Å². The third-order valence-electron chi connectivity index (χ3n) is 3.17. The van der Waals surface area contributed by atoms with E-state index in [0.29, 0.717) is 13.0 Å². The zero-order valence-corrected chi connectivity index (χ0v) is 14.9. The third-order valence-corrected chi connectivity index (χ3v) is 4.80. The molecule has 0 atom stereocenters. The van der Waals surface area contributed by atoms with E-state index in [9.17, 15) is 4.79 Å². The summed E-state index contributed by atoms with van der Waals surface area (Å²) in [7, 11) is 0. The summed E-state index contributed by atoms with van der Waals surface area (Å²) in [5.41, 5.74) is 1.12. The van der Waals surface area contributed by atoms with Gasteiger partial charge in [0, 0.05) is 18.7 Å². The second kappa shape index (κ2) is 8.39. The largest absolute Gasteiger partial charge is 0.494 e. The molecule has 1 heterocycles. The summed E-state index contributed by atoms with van der Waals surface area (Å²) in [5.74, 6) is 1.81. The predicted octanol–water partition coefficient (Wildman–Crippen LogP) is 3.69. The minimum atomic E-state index is -0.0445. The first-order valence-corrected chi connectivity index (χ1v) is 9.73. The Balaban J connectivity index is 2.50. The highest BCUT2D eigenvalue weighted by Gasteiger charge is 2.09. The number of amides is 1. The van der Waals surface area contributed by atoms with Crippen molar-refractivity contribution in [3.05, 3.63) is 23.0 Å². The Labute approximate surface area is 139 Å². The van der Waals surface area contributed by atoms with Crippen LogP contribution in [0.2, 0.25) is 0 Å². The second-order valence-electron chi connectivity index (χ2n) is 4.85. The van der Waals surface area contributed by atoms with Crippen LogP contribution in [0.15, 0.2) is 23.2 Å². The molecule has 0 bridgehead atoms. The molecule has 0 N–H and O–H groups in total. The highest BCUT2D eigenvalue weighted by atomic mass is 32.2. The van der Waals surface area contributed by atoms with Crippen molar-refractivity contribution < 1.29 is 9.53 Å². The lowest BCUT2D eigenvalue weighted by atomic mass is 10.3. The van der Waals surface area contributed by atoms with Crippen molar-refractivity contribution >= 4 is 39.2 Å². The molecule has 22 heavy (non-hydrogen) atoms. The first kappa shape index (κ1) is 17.1. The average molecular weight is 338 g/mol. The van der Waals surface area contributed by atoms with E-state index in [0.717, 1.165) is 39.5 Å². The van der Waals surface area contributed by atoms with Crippen LogP contribution >= 0.6 is 23.1 Å². The number of thiazole rings is 1. The number of nitrogens with zero attached hydrogens (tertiary/aromatic N) is 2. The number of hydrogen-bond acceptors (Lipinski definition) is 4. The standard InChI is InChI=1S/C16H22N2O2S2/c1-4-6-15(19)17-16-18(9-10-21-3)13-8-7-12(20-5-2)11-14(13)22-16/h7-8,11H,4-6,9-10H2,1-3H3. The molecule has 1 aromatic heterocycles. The fourth-order valence-corrected chi connectivity index (χ4v) is 3.64. The molecule has 0 radical (unpaired) electrons. The maximum Gasteiger partial charge on any atom is 0.248 e. The Morgan fingerprint density at radius 1 is 1.41 bits per heavy atom. The van der Waals surface area contributed by atoms with E-state index in [4.69, 9.17) is 4.74 Å². The van der Waals surface area contributed by atoms with Crippen LogP contribution in [0.5, 0.6) is 5.75 Å². The number of thioether (sulfide) groups is 1. The molecule has 0 aliphatic rings. The fourth-order valence-electron chi connectivity index (χ4n) is 2.17. The molecule has 120 valence electrons. The summed E-state index contributed by atoms with van der Waals surface area (Å²) < 4.78 is 8.80. The van der Waals surface area contributed by atoms with Gasteiger partial charge in [0.25, 0.3) is 0 Å². The van der Waals surface area contributed by atoms with Gasteiger partial charge in [-0.05, 0) is 37.8 Å². The van der Waals surface area contributed by atoms with Crippen molar-refractivity contribution in [3.63, 3.8) is 0 Å². The molecular weight excluding hydrogens is 316 g/mol. The van der Waals surface area contributed by atoms with Gasteiger partial charge in [-0.2, -0.15) is 16.8 Å². The Morgan fingerprint density at radius 3 is 2.91 bits per heavy atom. The Hall–Kier alpha value is -1.27. The van der Waals surface area contributed by atoms with Crippen LogP contribution in [-0.4, -0.2) is 29.1 Å². The molecule has 0 saturated heterocycles. The van der Waals surface area contributed by atoms with Gasteiger partial charge in [-0.25, -0.2) is 0 Å². The highest BCUT2D eigenvalue weighted by molar-refractivity contribution is 7.98. The molecular formula is C16H22N2O2S2. The quantitative estimate of drug-likeness (QED) is 0.773. The number of benzene rings is 1. The summed E-state index contributed by atoms with van der Waals surface area (Å²) in [6.07, 6.45) is 3.41. The van der Waals surface area contributed by atoms with Crippen LogP contribution in [-0.2, 0) is 11.3 Å². The van der Waals surface area contributed by atoms with Gasteiger partial charge in [-0.1, -0.05) is 18.3 Å². The Morgan fingerprint density at radius 2 is 2.23 bits per heavy atom. The van der Waals surface area contributed by atoms with Crippen LogP contribution < -0.4 is 9.54 Å². The number of carbonyl (C=O) groups excluding carboxylic acids is 1. The lowest BCUT2D eigenvalue weighted by Crippen LogP contribution is -2.18. The first-order valence-electron chi connectivity index (χ1n) is 7.52. The van der Waals surface area contributed by atoms with Gasteiger partial charge in [0.05, 0.1) is 16.8 Å². The summed E-state index contributed by atoms with van der Waals surface area (Å²) in [6.45, 7) is 5.47. The maximum absolute atomic E-state index is 11.9. The molecule has 0 aliphatic carbocycles. The van der Waals surface area contributed by atoms with Gasteiger partial charge in [0.2, 0.25) is 5.91 Å². The monoisotopic (exact) mass is 338 g/mol. The van der Waals surface area contributed by atoms with E-state index in [1.54, 1.807) is 23.1 Å². The van der Waals surface area contributed by atoms with Crippen molar-refractivity contribution in [3.8, 4) is 5.75 Å². The molecule has 0 spiro atoms. The third kappa shape index (κ3) is 4.14. The smallest absolute Gasteiger partial charge is 0.248 e. The summed E-state index contributed by atoms with van der Waals surface area (Å²) in [4.78, 5) is 17.0. The number of aromatic nitrogens is 1. The van der Waals surface area contributed by atoms with Crippen molar-refractivity contribution in [1.29, 1.82) is 0 Å². The van der Waals surface area contributed by atoms with Gasteiger partial charge in [0.15, 0.2) is 4.80 Å². The number of hydrogen-bond donors (Lipinski definition) is 0. The summed E-state index contributed by atoms with van der Waals surface area (Å²) >= 11 is 3.34. The molecule has 4 nitrogen and oxygen atoms in total. The predicted molar refractivity (Wildman–Crippen MR) is 94.8 cm³/mol. The highest BCUT2D eigenvalue weighted by Crippen LogP contribution is 2.23. The first-order chi connectivity index (χ1) is 10.7. The minimum absolute atomic E-state index is 0.0445. The molecule has 1 amide bonds. The van der Waals surface area contributed by atoms with Gasteiger partial charge in [0.1, 0.15) is 5.75 Å². The van der Waals surface area contributed by atoms with E-state index in [-0.39, 0.29) is 5.91 Å². The van der Waals surface area contributed by atoms with E-state index >= 15 is 0 Å². The maximum atomic E-state index is 11.9. The molecule has 2 aromatic rings. The van der Waals surface area contributed by atoms with Gasteiger partial charge in [-0.3, -0.25) is 4.79 Å². The normalized spacial score (nSPS) is 12.0. The number of carbonyl (C=O) groups is 1. The molecule has 6 heteroatoms. The molecule has 0 unspecified atom stereocenters. The van der Waals surface area contributed by atoms with E-state index in [2.05, 4.69) is 21.9 Å². The topological polar surface area (TPSA) is 43.6 Å². The molecule has 0 aliphatic heterocycles. The average Bonchev–Trinajstić information content (AvgIpc) is 2.82. The number of fused-ring (bicyclic) bond motifs is 1. The molecule has 0 fully saturated rings. The van der Waals surface area contributed by atoms with Crippen LogP contribution in [0.3, 0.4) is 0 Å². The fraction of sp³-hybridized carbons (Fsp3) is 0.500. The number of aryl methyl sites for hydroxylation is 1. The number of rotatable bonds is 7. The molecule has 0 saturated carbocycles. The SMILES string of the molecule is CCCC(=O)N=c1sc2cc(OCC)ccc2n1CCSC. The zero-order chi connectivity index (χ0) is 15.9. The molecule has 2 rings (SSSR count).